The molecule has 0 aliphatic heterocycles. The molecule has 0 N–H and O–H groups in total. The Kier molecular flexibility index (Phi) is 3.23. The summed E-state index contributed by atoms with van der Waals surface area (Å²) >= 11 is 1.68. The van der Waals surface area contributed by atoms with Crippen LogP contribution >= 0.6 is 11.8 Å². The summed E-state index contributed by atoms with van der Waals surface area (Å²) < 4.78 is 5.12. The predicted octanol–water partition coefficient (Wildman–Crippen LogP) is 2.75. The van der Waals surface area contributed by atoms with E-state index in [1.165, 1.54) is 4.90 Å². The third kappa shape index (κ3) is 2.05. The summed E-state index contributed by atoms with van der Waals surface area (Å²) in [5, 5.41) is 0. The zero-order valence-electron chi connectivity index (χ0n) is 7.26. The fourth-order valence-electron chi connectivity index (χ4n) is 0.909. The molecule has 0 unspecified atom stereocenters. The maximum atomic E-state index is 5.12. The topological polar surface area (TPSA) is 9.23 Å². The van der Waals surface area contributed by atoms with Crippen LogP contribution in [0.5, 0.6) is 5.75 Å². The minimum Gasteiger partial charge on any atom is -0.497 e. The first-order chi connectivity index (χ1) is 5.80. The Morgan fingerprint density at radius 3 is 2.67 bits per heavy atom. The van der Waals surface area contributed by atoms with Crippen LogP contribution in [-0.2, 0) is 0 Å². The van der Waals surface area contributed by atoms with Gasteiger partial charge < -0.3 is 4.74 Å². The molecule has 0 saturated carbocycles. The van der Waals surface area contributed by atoms with Gasteiger partial charge in [-0.1, -0.05) is 6.58 Å². The first kappa shape index (κ1) is 9.20. The van der Waals surface area contributed by atoms with Gasteiger partial charge in [-0.2, -0.15) is 0 Å². The molecule has 0 spiro atoms. The third-order valence-electron chi connectivity index (χ3n) is 1.56. The minimum absolute atomic E-state index is 0.855. The van der Waals surface area contributed by atoms with Crippen molar-refractivity contribution in [2.45, 2.75) is 4.90 Å². The summed E-state index contributed by atoms with van der Waals surface area (Å²) in [5.74, 6) is 0.855. The average molecular weight is 179 g/mol. The van der Waals surface area contributed by atoms with Crippen molar-refractivity contribution in [3.8, 4) is 5.75 Å². The Hall–Kier alpha value is -0.890. The van der Waals surface area contributed by atoms with Crippen molar-refractivity contribution in [2.75, 3.05) is 13.4 Å². The van der Waals surface area contributed by atoms with E-state index in [4.69, 9.17) is 4.74 Å². The Bertz CT molecular complexity index is 259. The molecular formula is C10H11OS. The summed E-state index contributed by atoms with van der Waals surface area (Å²) in [6.07, 6.45) is 4.86. The largest absolute Gasteiger partial charge is 0.497 e. The minimum atomic E-state index is 0.855. The number of hydrogen-bond acceptors (Lipinski definition) is 2. The van der Waals surface area contributed by atoms with Gasteiger partial charge >= 0.3 is 0 Å². The lowest BCUT2D eigenvalue weighted by molar-refractivity contribution is 0.413. The average Bonchev–Trinajstić information content (AvgIpc) is 2.16. The van der Waals surface area contributed by atoms with Crippen LogP contribution in [0.25, 0.3) is 0 Å². The molecule has 1 aromatic carbocycles. The van der Waals surface area contributed by atoms with Crippen LogP contribution in [0, 0.1) is 6.08 Å². The lowest BCUT2D eigenvalue weighted by Crippen LogP contribution is -1.84. The molecule has 0 atom stereocenters. The van der Waals surface area contributed by atoms with E-state index in [2.05, 4.69) is 12.7 Å². The molecule has 0 aliphatic rings. The van der Waals surface area contributed by atoms with Crippen molar-refractivity contribution in [3.63, 3.8) is 0 Å². The molecule has 1 aromatic rings. The monoisotopic (exact) mass is 179 g/mol. The van der Waals surface area contributed by atoms with Gasteiger partial charge in [0.2, 0.25) is 0 Å². The van der Waals surface area contributed by atoms with Gasteiger partial charge in [0.15, 0.2) is 0 Å². The fraction of sp³-hybridized carbons (Fsp3) is 0.200. The van der Waals surface area contributed by atoms with Crippen LogP contribution < -0.4 is 4.74 Å². The van der Waals surface area contributed by atoms with E-state index in [9.17, 15) is 0 Å². The Morgan fingerprint density at radius 1 is 1.42 bits per heavy atom. The van der Waals surface area contributed by atoms with Crippen LogP contribution in [-0.4, -0.2) is 13.4 Å². The fourth-order valence-corrected chi connectivity index (χ4v) is 1.39. The number of methoxy groups -OCH3 is 1. The predicted molar refractivity (Wildman–Crippen MR) is 52.7 cm³/mol. The summed E-state index contributed by atoms with van der Waals surface area (Å²) in [5.41, 5.74) is 0.971. The van der Waals surface area contributed by atoms with Gasteiger partial charge in [0.05, 0.1) is 7.11 Å². The molecule has 1 nitrogen and oxygen atoms in total. The molecule has 1 radical (unpaired) electrons. The normalized spacial score (nSPS) is 9.50. The SMILES string of the molecule is C=[C]c1cc(OC)cc(SC)c1. The second kappa shape index (κ2) is 4.21. The van der Waals surface area contributed by atoms with Crippen molar-refractivity contribution in [1.29, 1.82) is 0 Å². The van der Waals surface area contributed by atoms with E-state index in [0.29, 0.717) is 0 Å². The standard InChI is InChI=1S/C10H11OS/c1-4-8-5-9(11-2)7-10(6-8)12-3/h5-7H,1H2,2-3H3. The zero-order chi connectivity index (χ0) is 8.97. The van der Waals surface area contributed by atoms with E-state index in [1.807, 2.05) is 24.5 Å². The highest BCUT2D eigenvalue weighted by Crippen LogP contribution is 2.23. The van der Waals surface area contributed by atoms with Gasteiger partial charge in [0.25, 0.3) is 0 Å². The van der Waals surface area contributed by atoms with E-state index in [-0.39, 0.29) is 0 Å². The molecule has 0 bridgehead atoms. The number of rotatable bonds is 3. The van der Waals surface area contributed by atoms with E-state index < -0.39 is 0 Å². The van der Waals surface area contributed by atoms with E-state index in [1.54, 1.807) is 18.9 Å². The molecule has 0 saturated heterocycles. The maximum Gasteiger partial charge on any atom is 0.120 e. The molecule has 1 rings (SSSR count). The molecule has 63 valence electrons. The highest BCUT2D eigenvalue weighted by atomic mass is 32.2. The second-order valence-electron chi connectivity index (χ2n) is 2.28. The first-order valence-corrected chi connectivity index (χ1v) is 4.79. The van der Waals surface area contributed by atoms with Crippen molar-refractivity contribution < 1.29 is 4.74 Å². The first-order valence-electron chi connectivity index (χ1n) is 3.56. The highest BCUT2D eigenvalue weighted by molar-refractivity contribution is 7.98. The molecular weight excluding hydrogens is 168 g/mol. The third-order valence-corrected chi connectivity index (χ3v) is 2.26. The van der Waals surface area contributed by atoms with Gasteiger partial charge in [0.1, 0.15) is 5.75 Å². The zero-order valence-corrected chi connectivity index (χ0v) is 8.07. The van der Waals surface area contributed by atoms with Crippen molar-refractivity contribution in [1.82, 2.24) is 0 Å². The molecule has 0 aliphatic carbocycles. The van der Waals surface area contributed by atoms with Gasteiger partial charge in [-0.3, -0.25) is 0 Å². The van der Waals surface area contributed by atoms with Crippen molar-refractivity contribution >= 4 is 11.8 Å². The van der Waals surface area contributed by atoms with Crippen LogP contribution in [0.4, 0.5) is 0 Å². The van der Waals surface area contributed by atoms with Gasteiger partial charge in [-0.15, -0.1) is 11.8 Å². The van der Waals surface area contributed by atoms with Gasteiger partial charge in [-0.05, 0) is 36.1 Å². The quantitative estimate of drug-likeness (QED) is 0.660. The Morgan fingerprint density at radius 2 is 2.17 bits per heavy atom. The Labute approximate surface area is 77.4 Å². The number of benzene rings is 1. The lowest BCUT2D eigenvalue weighted by atomic mass is 10.2. The molecule has 0 heterocycles. The van der Waals surface area contributed by atoms with Crippen molar-refractivity contribution in [3.05, 3.63) is 36.4 Å². The van der Waals surface area contributed by atoms with Crippen LogP contribution in [0.1, 0.15) is 5.56 Å². The van der Waals surface area contributed by atoms with Gasteiger partial charge in [0, 0.05) is 4.90 Å². The molecule has 0 fully saturated rings. The number of ether oxygens (including phenoxy) is 1. The molecule has 12 heavy (non-hydrogen) atoms. The highest BCUT2D eigenvalue weighted by Gasteiger charge is 1.97. The van der Waals surface area contributed by atoms with E-state index in [0.717, 1.165) is 11.3 Å². The molecule has 0 aromatic heterocycles. The maximum absolute atomic E-state index is 5.12. The number of thioether (sulfide) groups is 1. The smallest absolute Gasteiger partial charge is 0.120 e. The summed E-state index contributed by atoms with van der Waals surface area (Å²) in [6.45, 7) is 3.59. The van der Waals surface area contributed by atoms with E-state index >= 15 is 0 Å². The van der Waals surface area contributed by atoms with Crippen LogP contribution in [0.2, 0.25) is 0 Å². The molecule has 0 amide bonds. The summed E-state index contributed by atoms with van der Waals surface area (Å²) in [4.78, 5) is 1.17. The summed E-state index contributed by atoms with van der Waals surface area (Å²) in [7, 11) is 1.66. The lowest BCUT2D eigenvalue weighted by Gasteiger charge is -2.03. The van der Waals surface area contributed by atoms with Crippen LogP contribution in [0.15, 0.2) is 29.7 Å². The Balaban J connectivity index is 3.09. The number of hydrogen-bond donors (Lipinski definition) is 0. The summed E-state index contributed by atoms with van der Waals surface area (Å²) in [6, 6.07) is 5.93. The van der Waals surface area contributed by atoms with Crippen molar-refractivity contribution in [2.24, 2.45) is 0 Å². The van der Waals surface area contributed by atoms with Gasteiger partial charge in [-0.25, -0.2) is 0 Å². The molecule has 2 heteroatoms. The van der Waals surface area contributed by atoms with Crippen LogP contribution in [0.3, 0.4) is 0 Å². The second-order valence-corrected chi connectivity index (χ2v) is 3.16.